The molecule has 1 aromatic heterocycles. The van der Waals surface area contributed by atoms with Gasteiger partial charge in [0.2, 0.25) is 0 Å². The van der Waals surface area contributed by atoms with E-state index in [-0.39, 0.29) is 5.91 Å². The van der Waals surface area contributed by atoms with Crippen molar-refractivity contribution in [3.8, 4) is 0 Å². The topological polar surface area (TPSA) is 92.6 Å². The quantitative estimate of drug-likeness (QED) is 0.378. The number of amides is 1. The number of carbonyl (C=O) groups excluding carboxylic acids is 1. The first kappa shape index (κ1) is 13.1. The highest BCUT2D eigenvalue weighted by Gasteiger charge is 2.06. The van der Waals surface area contributed by atoms with E-state index < -0.39 is 0 Å². The van der Waals surface area contributed by atoms with Gasteiger partial charge in [0.05, 0.1) is 6.26 Å². The molecule has 6 heteroatoms. The highest BCUT2D eigenvalue weighted by molar-refractivity contribution is 5.91. The minimum atomic E-state index is -0.235. The largest absolute Gasteiger partial charge is 0.459 e. The van der Waals surface area contributed by atoms with Crippen molar-refractivity contribution in [3.05, 3.63) is 24.2 Å². The summed E-state index contributed by atoms with van der Waals surface area (Å²) in [7, 11) is 0. The zero-order valence-corrected chi connectivity index (χ0v) is 9.90. The molecule has 6 nitrogen and oxygen atoms in total. The van der Waals surface area contributed by atoms with E-state index in [0.717, 1.165) is 6.42 Å². The van der Waals surface area contributed by atoms with E-state index in [9.17, 15) is 4.79 Å². The van der Waals surface area contributed by atoms with Crippen LogP contribution in [0.1, 0.15) is 23.9 Å². The molecule has 0 fully saturated rings. The molecule has 0 aliphatic carbocycles. The first-order chi connectivity index (χ1) is 8.24. The van der Waals surface area contributed by atoms with Crippen molar-refractivity contribution in [1.82, 2.24) is 10.6 Å². The van der Waals surface area contributed by atoms with Crippen LogP contribution < -0.4 is 16.4 Å². The van der Waals surface area contributed by atoms with Gasteiger partial charge in [0.25, 0.3) is 5.91 Å². The van der Waals surface area contributed by atoms with Gasteiger partial charge in [-0.3, -0.25) is 9.79 Å². The molecule has 0 saturated heterocycles. The number of rotatable bonds is 6. The molecule has 0 unspecified atom stereocenters. The van der Waals surface area contributed by atoms with Crippen molar-refractivity contribution in [1.29, 1.82) is 0 Å². The summed E-state index contributed by atoms with van der Waals surface area (Å²) in [6.45, 7) is 3.73. The second-order valence-corrected chi connectivity index (χ2v) is 3.43. The highest BCUT2D eigenvalue weighted by Crippen LogP contribution is 1.98. The Bertz CT molecular complexity index is 360. The van der Waals surface area contributed by atoms with Gasteiger partial charge in [0.15, 0.2) is 11.7 Å². The van der Waals surface area contributed by atoms with E-state index in [1.165, 1.54) is 6.26 Å². The molecule has 0 aliphatic heterocycles. The Hall–Kier alpha value is -1.98. The molecule has 4 N–H and O–H groups in total. The first-order valence-electron chi connectivity index (χ1n) is 5.59. The van der Waals surface area contributed by atoms with Gasteiger partial charge < -0.3 is 20.8 Å². The van der Waals surface area contributed by atoms with Gasteiger partial charge in [-0.1, -0.05) is 6.92 Å². The molecular weight excluding hydrogens is 220 g/mol. The van der Waals surface area contributed by atoms with E-state index in [4.69, 9.17) is 10.2 Å². The third kappa shape index (κ3) is 5.05. The van der Waals surface area contributed by atoms with Gasteiger partial charge in [-0.05, 0) is 18.6 Å². The summed E-state index contributed by atoms with van der Waals surface area (Å²) in [5, 5.41) is 5.59. The fourth-order valence-corrected chi connectivity index (χ4v) is 1.15. The van der Waals surface area contributed by atoms with Gasteiger partial charge in [-0.15, -0.1) is 0 Å². The Labute approximate surface area is 100 Å². The zero-order chi connectivity index (χ0) is 12.5. The number of aliphatic imine (C=N–C) groups is 1. The van der Waals surface area contributed by atoms with Crippen LogP contribution >= 0.6 is 0 Å². The normalized spacial score (nSPS) is 11.2. The van der Waals surface area contributed by atoms with Crippen LogP contribution in [-0.2, 0) is 0 Å². The molecule has 0 atom stereocenters. The summed E-state index contributed by atoms with van der Waals surface area (Å²) < 4.78 is 4.95. The van der Waals surface area contributed by atoms with Crippen molar-refractivity contribution in [2.75, 3.05) is 19.6 Å². The SMILES string of the molecule is CCCN=C(N)NCCNC(=O)c1ccco1. The maximum atomic E-state index is 11.4. The number of nitrogens with two attached hydrogens (primary N) is 1. The van der Waals surface area contributed by atoms with E-state index in [2.05, 4.69) is 15.6 Å². The minimum absolute atomic E-state index is 0.235. The molecule has 0 spiro atoms. The van der Waals surface area contributed by atoms with Gasteiger partial charge in [0.1, 0.15) is 0 Å². The van der Waals surface area contributed by atoms with Crippen molar-refractivity contribution in [2.24, 2.45) is 10.7 Å². The first-order valence-corrected chi connectivity index (χ1v) is 5.59. The zero-order valence-electron chi connectivity index (χ0n) is 9.90. The number of nitrogens with zero attached hydrogens (tertiary/aromatic N) is 1. The molecule has 17 heavy (non-hydrogen) atoms. The molecule has 1 aromatic rings. The van der Waals surface area contributed by atoms with Crippen LogP contribution in [0.25, 0.3) is 0 Å². The van der Waals surface area contributed by atoms with Crippen molar-refractivity contribution in [2.45, 2.75) is 13.3 Å². The van der Waals surface area contributed by atoms with E-state index in [0.29, 0.717) is 31.4 Å². The molecule has 0 aliphatic rings. The molecule has 0 aromatic carbocycles. The Balaban J connectivity index is 2.14. The summed E-state index contributed by atoms with van der Waals surface area (Å²) in [5.74, 6) is 0.470. The predicted octanol–water partition coefficient (Wildman–Crippen LogP) is 0.324. The summed E-state index contributed by atoms with van der Waals surface area (Å²) >= 11 is 0. The Kier molecular flexibility index (Phi) is 5.63. The summed E-state index contributed by atoms with van der Waals surface area (Å²) in [6.07, 6.45) is 2.42. The van der Waals surface area contributed by atoms with Crippen molar-refractivity contribution >= 4 is 11.9 Å². The lowest BCUT2D eigenvalue weighted by Gasteiger charge is -2.06. The monoisotopic (exact) mass is 238 g/mol. The molecule has 0 radical (unpaired) electrons. The maximum absolute atomic E-state index is 11.4. The number of hydrogen-bond donors (Lipinski definition) is 3. The minimum Gasteiger partial charge on any atom is -0.459 e. The van der Waals surface area contributed by atoms with Gasteiger partial charge in [-0.2, -0.15) is 0 Å². The van der Waals surface area contributed by atoms with Crippen LogP contribution in [0.5, 0.6) is 0 Å². The smallest absolute Gasteiger partial charge is 0.287 e. The number of carbonyl (C=O) groups is 1. The standard InChI is InChI=1S/C11H18N4O2/c1-2-5-14-11(12)15-7-6-13-10(16)9-4-3-8-17-9/h3-4,8H,2,5-7H2,1H3,(H,13,16)(H3,12,14,15). The fourth-order valence-electron chi connectivity index (χ4n) is 1.15. The third-order valence-electron chi connectivity index (χ3n) is 1.97. The van der Waals surface area contributed by atoms with E-state index in [1.54, 1.807) is 12.1 Å². The van der Waals surface area contributed by atoms with Crippen LogP contribution in [0.4, 0.5) is 0 Å². The fraction of sp³-hybridized carbons (Fsp3) is 0.455. The average Bonchev–Trinajstić information content (AvgIpc) is 2.85. The third-order valence-corrected chi connectivity index (χ3v) is 1.97. The van der Waals surface area contributed by atoms with Crippen molar-refractivity contribution < 1.29 is 9.21 Å². The van der Waals surface area contributed by atoms with E-state index in [1.807, 2.05) is 6.92 Å². The number of guanidine groups is 1. The second-order valence-electron chi connectivity index (χ2n) is 3.43. The van der Waals surface area contributed by atoms with Gasteiger partial charge in [0, 0.05) is 19.6 Å². The summed E-state index contributed by atoms with van der Waals surface area (Å²) in [6, 6.07) is 3.28. The van der Waals surface area contributed by atoms with Gasteiger partial charge >= 0.3 is 0 Å². The Morgan fingerprint density at radius 3 is 2.88 bits per heavy atom. The number of hydrogen-bond acceptors (Lipinski definition) is 3. The molecule has 0 saturated carbocycles. The Morgan fingerprint density at radius 2 is 2.24 bits per heavy atom. The molecule has 0 bridgehead atoms. The molecule has 1 rings (SSSR count). The lowest BCUT2D eigenvalue weighted by molar-refractivity contribution is 0.0926. The average molecular weight is 238 g/mol. The van der Waals surface area contributed by atoms with Crippen LogP contribution in [-0.4, -0.2) is 31.5 Å². The maximum Gasteiger partial charge on any atom is 0.287 e. The van der Waals surface area contributed by atoms with Crippen LogP contribution in [0, 0.1) is 0 Å². The summed E-state index contributed by atoms with van der Waals surface area (Å²) in [4.78, 5) is 15.5. The number of nitrogens with one attached hydrogen (secondary N) is 2. The Morgan fingerprint density at radius 1 is 1.47 bits per heavy atom. The van der Waals surface area contributed by atoms with Crippen LogP contribution in [0.15, 0.2) is 27.8 Å². The predicted molar refractivity (Wildman–Crippen MR) is 65.8 cm³/mol. The molecule has 1 amide bonds. The van der Waals surface area contributed by atoms with Crippen molar-refractivity contribution in [3.63, 3.8) is 0 Å². The van der Waals surface area contributed by atoms with E-state index >= 15 is 0 Å². The molecule has 94 valence electrons. The lowest BCUT2D eigenvalue weighted by atomic mass is 10.4. The second kappa shape index (κ2) is 7.32. The van der Waals surface area contributed by atoms with Crippen LogP contribution in [0.2, 0.25) is 0 Å². The highest BCUT2D eigenvalue weighted by atomic mass is 16.3. The van der Waals surface area contributed by atoms with Crippen LogP contribution in [0.3, 0.4) is 0 Å². The number of furan rings is 1. The van der Waals surface area contributed by atoms with Gasteiger partial charge in [-0.25, -0.2) is 0 Å². The lowest BCUT2D eigenvalue weighted by Crippen LogP contribution is -2.38. The summed E-state index contributed by atoms with van der Waals surface area (Å²) in [5.41, 5.74) is 5.58. The molecular formula is C11H18N4O2. The molecule has 1 heterocycles.